The van der Waals surface area contributed by atoms with E-state index < -0.39 is 23.6 Å². The standard InChI is InChI=1S/C22H15Cl2FN2O6/c23-16-7-13(27-21(30)22(31)32)8-17(24)19(16)33-14-5-6-18(28)15(9-14)20(29)26-10-11-1-3-12(25)4-2-11/h1-9,28H,10H2,(H,26,29)(H,27,30)(H,31,32). The van der Waals surface area contributed by atoms with E-state index in [1.807, 2.05) is 0 Å². The van der Waals surface area contributed by atoms with Crippen molar-refractivity contribution in [3.05, 3.63) is 81.6 Å². The van der Waals surface area contributed by atoms with E-state index in [0.29, 0.717) is 5.56 Å². The number of carboxylic acid groups (broad SMARTS) is 1. The molecule has 0 aliphatic heterocycles. The SMILES string of the molecule is O=C(O)C(=O)Nc1cc(Cl)c(Oc2ccc(O)c(C(=O)NCc3ccc(F)cc3)c2)c(Cl)c1. The Hall–Kier alpha value is -3.82. The van der Waals surface area contributed by atoms with Gasteiger partial charge in [-0.3, -0.25) is 9.59 Å². The van der Waals surface area contributed by atoms with Crippen molar-refractivity contribution in [1.29, 1.82) is 0 Å². The molecule has 0 unspecified atom stereocenters. The fraction of sp³-hybridized carbons (Fsp3) is 0.0455. The highest BCUT2D eigenvalue weighted by molar-refractivity contribution is 6.39. The molecule has 0 aliphatic carbocycles. The van der Waals surface area contributed by atoms with E-state index in [2.05, 4.69) is 10.6 Å². The van der Waals surface area contributed by atoms with E-state index in [-0.39, 0.29) is 45.1 Å². The molecule has 0 saturated carbocycles. The molecule has 0 radical (unpaired) electrons. The molecule has 8 nitrogen and oxygen atoms in total. The smallest absolute Gasteiger partial charge is 0.394 e. The van der Waals surface area contributed by atoms with Gasteiger partial charge >= 0.3 is 11.9 Å². The summed E-state index contributed by atoms with van der Waals surface area (Å²) in [5.74, 6) is -4.17. The maximum Gasteiger partial charge on any atom is 0.394 e. The molecular formula is C22H15Cl2FN2O6. The van der Waals surface area contributed by atoms with Crippen LogP contribution in [0.4, 0.5) is 10.1 Å². The minimum Gasteiger partial charge on any atom is -0.507 e. The summed E-state index contributed by atoms with van der Waals surface area (Å²) in [5.41, 5.74) is 0.605. The Morgan fingerprint density at radius 1 is 0.970 bits per heavy atom. The molecule has 0 spiro atoms. The number of ether oxygens (including phenoxy) is 1. The number of hydrogen-bond acceptors (Lipinski definition) is 5. The summed E-state index contributed by atoms with van der Waals surface area (Å²) in [7, 11) is 0. The number of hydrogen-bond donors (Lipinski definition) is 4. The van der Waals surface area contributed by atoms with Gasteiger partial charge in [-0.25, -0.2) is 9.18 Å². The van der Waals surface area contributed by atoms with Gasteiger partial charge < -0.3 is 25.6 Å². The van der Waals surface area contributed by atoms with Crippen LogP contribution in [0.1, 0.15) is 15.9 Å². The molecule has 3 aromatic rings. The van der Waals surface area contributed by atoms with Gasteiger partial charge in [0.25, 0.3) is 5.91 Å². The minimum absolute atomic E-state index is 0.0185. The molecule has 0 saturated heterocycles. The number of carboxylic acids is 1. The molecule has 2 amide bonds. The molecule has 4 N–H and O–H groups in total. The fourth-order valence-electron chi connectivity index (χ4n) is 2.67. The number of nitrogens with one attached hydrogen (secondary N) is 2. The van der Waals surface area contributed by atoms with Crippen molar-refractivity contribution < 1.29 is 33.7 Å². The lowest BCUT2D eigenvalue weighted by atomic mass is 10.1. The van der Waals surface area contributed by atoms with Gasteiger partial charge in [-0.2, -0.15) is 0 Å². The number of amides is 2. The van der Waals surface area contributed by atoms with Gasteiger partial charge in [0.05, 0.1) is 15.6 Å². The Morgan fingerprint density at radius 3 is 2.21 bits per heavy atom. The molecule has 0 bridgehead atoms. The normalized spacial score (nSPS) is 10.4. The molecular weight excluding hydrogens is 478 g/mol. The second-order valence-corrected chi connectivity index (χ2v) is 7.43. The van der Waals surface area contributed by atoms with Crippen LogP contribution in [0.2, 0.25) is 10.0 Å². The molecule has 3 aromatic carbocycles. The summed E-state index contributed by atoms with van der Waals surface area (Å²) in [4.78, 5) is 34.5. The van der Waals surface area contributed by atoms with Crippen LogP contribution in [0.15, 0.2) is 54.6 Å². The third-order valence-electron chi connectivity index (χ3n) is 4.25. The van der Waals surface area contributed by atoms with Gasteiger partial charge in [-0.05, 0) is 48.0 Å². The van der Waals surface area contributed by atoms with Crippen LogP contribution in [0, 0.1) is 5.82 Å². The number of rotatable bonds is 6. The first-order valence-electron chi connectivity index (χ1n) is 9.21. The van der Waals surface area contributed by atoms with Crippen LogP contribution < -0.4 is 15.4 Å². The number of benzene rings is 3. The molecule has 170 valence electrons. The Bertz CT molecular complexity index is 1210. The number of phenolic OH excluding ortho intramolecular Hbond substituents is 1. The van der Waals surface area contributed by atoms with Crippen LogP contribution in [-0.2, 0) is 16.1 Å². The zero-order chi connectivity index (χ0) is 24.1. The fourth-order valence-corrected chi connectivity index (χ4v) is 3.24. The van der Waals surface area contributed by atoms with Crippen LogP contribution in [0.3, 0.4) is 0 Å². The molecule has 0 aliphatic rings. The van der Waals surface area contributed by atoms with Gasteiger partial charge in [0.2, 0.25) is 0 Å². The first-order chi connectivity index (χ1) is 15.6. The van der Waals surface area contributed by atoms with Crippen molar-refractivity contribution >= 4 is 46.7 Å². The quantitative estimate of drug-likeness (QED) is 0.373. The second-order valence-electron chi connectivity index (χ2n) is 6.62. The Kier molecular flexibility index (Phi) is 7.37. The summed E-state index contributed by atoms with van der Waals surface area (Å²) < 4.78 is 18.6. The van der Waals surface area contributed by atoms with Crippen molar-refractivity contribution in [2.24, 2.45) is 0 Å². The number of carbonyl (C=O) groups is 3. The highest BCUT2D eigenvalue weighted by Gasteiger charge is 2.17. The molecule has 0 heterocycles. The zero-order valence-electron chi connectivity index (χ0n) is 16.6. The number of aromatic hydroxyl groups is 1. The van der Waals surface area contributed by atoms with Crippen molar-refractivity contribution in [3.8, 4) is 17.2 Å². The summed E-state index contributed by atoms with van der Waals surface area (Å²) in [6.45, 7) is 0.102. The third-order valence-corrected chi connectivity index (χ3v) is 4.81. The van der Waals surface area contributed by atoms with E-state index in [1.165, 1.54) is 54.6 Å². The van der Waals surface area contributed by atoms with E-state index >= 15 is 0 Å². The van der Waals surface area contributed by atoms with E-state index in [1.54, 1.807) is 0 Å². The topological polar surface area (TPSA) is 125 Å². The predicted octanol–water partition coefficient (Wildman–Crippen LogP) is 4.58. The van der Waals surface area contributed by atoms with Crippen LogP contribution in [0.5, 0.6) is 17.2 Å². The first kappa shape index (κ1) is 23.8. The summed E-state index contributed by atoms with van der Waals surface area (Å²) in [5, 5.41) is 23.4. The Balaban J connectivity index is 1.76. The van der Waals surface area contributed by atoms with Crippen molar-refractivity contribution in [2.45, 2.75) is 6.54 Å². The van der Waals surface area contributed by atoms with Gasteiger partial charge in [-0.1, -0.05) is 35.3 Å². The lowest BCUT2D eigenvalue weighted by Crippen LogP contribution is -2.22. The highest BCUT2D eigenvalue weighted by atomic mass is 35.5. The molecule has 0 atom stereocenters. The highest BCUT2D eigenvalue weighted by Crippen LogP contribution is 2.39. The average Bonchev–Trinajstić information content (AvgIpc) is 2.76. The summed E-state index contributed by atoms with van der Waals surface area (Å²) >= 11 is 12.3. The van der Waals surface area contributed by atoms with Crippen LogP contribution in [-0.4, -0.2) is 28.0 Å². The van der Waals surface area contributed by atoms with Crippen molar-refractivity contribution in [2.75, 3.05) is 5.32 Å². The average molecular weight is 493 g/mol. The zero-order valence-corrected chi connectivity index (χ0v) is 18.1. The maximum atomic E-state index is 13.0. The molecule has 0 fully saturated rings. The predicted molar refractivity (Wildman–Crippen MR) is 118 cm³/mol. The maximum absolute atomic E-state index is 13.0. The van der Waals surface area contributed by atoms with Crippen LogP contribution in [0.25, 0.3) is 0 Å². The molecule has 33 heavy (non-hydrogen) atoms. The van der Waals surface area contributed by atoms with Crippen molar-refractivity contribution in [3.63, 3.8) is 0 Å². The molecule has 11 heteroatoms. The number of halogens is 3. The van der Waals surface area contributed by atoms with E-state index in [0.717, 1.165) is 0 Å². The number of phenols is 1. The van der Waals surface area contributed by atoms with Gasteiger partial charge in [-0.15, -0.1) is 0 Å². The molecule has 3 rings (SSSR count). The number of anilines is 1. The van der Waals surface area contributed by atoms with Gasteiger partial charge in [0, 0.05) is 12.2 Å². The van der Waals surface area contributed by atoms with E-state index in [9.17, 15) is 23.9 Å². The summed E-state index contributed by atoms with van der Waals surface area (Å²) in [6.07, 6.45) is 0. The molecule has 0 aromatic heterocycles. The van der Waals surface area contributed by atoms with E-state index in [4.69, 9.17) is 33.0 Å². The number of aliphatic carboxylic acids is 1. The van der Waals surface area contributed by atoms with Crippen LogP contribution >= 0.6 is 23.2 Å². The van der Waals surface area contributed by atoms with Gasteiger partial charge in [0.1, 0.15) is 17.3 Å². The first-order valence-corrected chi connectivity index (χ1v) is 9.96. The largest absolute Gasteiger partial charge is 0.507 e. The monoisotopic (exact) mass is 492 g/mol. The van der Waals surface area contributed by atoms with Gasteiger partial charge in [0.15, 0.2) is 5.75 Å². The van der Waals surface area contributed by atoms with Crippen molar-refractivity contribution in [1.82, 2.24) is 5.32 Å². The lowest BCUT2D eigenvalue weighted by molar-refractivity contribution is -0.147. The lowest BCUT2D eigenvalue weighted by Gasteiger charge is -2.13. The Labute approximate surface area is 196 Å². The summed E-state index contributed by atoms with van der Waals surface area (Å²) in [6, 6.07) is 11.9. The minimum atomic E-state index is -1.68. The number of carbonyl (C=O) groups excluding carboxylic acids is 2. The third kappa shape index (κ3) is 6.12. The Morgan fingerprint density at radius 2 is 1.61 bits per heavy atom. The second kappa shape index (κ2) is 10.2.